The van der Waals surface area contributed by atoms with Gasteiger partial charge in [-0.05, 0) is 61.2 Å². The number of nitrogens with one attached hydrogen (secondary N) is 2. The zero-order valence-electron chi connectivity index (χ0n) is 13.1. The summed E-state index contributed by atoms with van der Waals surface area (Å²) in [7, 11) is 1.87. The predicted molar refractivity (Wildman–Crippen MR) is 86.6 cm³/mol. The molecule has 120 valence electrons. The second kappa shape index (κ2) is 5.49. The summed E-state index contributed by atoms with van der Waals surface area (Å²) in [6.45, 7) is 0. The molecule has 4 nitrogen and oxygen atoms in total. The first kappa shape index (κ1) is 14.5. The van der Waals surface area contributed by atoms with Gasteiger partial charge in [0, 0.05) is 30.9 Å². The van der Waals surface area contributed by atoms with Crippen LogP contribution in [0.2, 0.25) is 0 Å². The van der Waals surface area contributed by atoms with E-state index in [1.165, 1.54) is 18.6 Å². The minimum absolute atomic E-state index is 0.0415. The van der Waals surface area contributed by atoms with Crippen molar-refractivity contribution in [2.75, 3.05) is 0 Å². The van der Waals surface area contributed by atoms with Crippen LogP contribution < -0.4 is 10.6 Å². The third-order valence-corrected chi connectivity index (χ3v) is 5.11. The number of halogens is 1. The summed E-state index contributed by atoms with van der Waals surface area (Å²) in [5.41, 5.74) is 2.43. The van der Waals surface area contributed by atoms with E-state index in [-0.39, 0.29) is 17.8 Å². The number of hydrogen-bond acceptors (Lipinski definition) is 2. The van der Waals surface area contributed by atoms with Crippen LogP contribution in [0.3, 0.4) is 0 Å². The highest BCUT2D eigenvalue weighted by Crippen LogP contribution is 2.28. The molecule has 1 amide bonds. The fourth-order valence-electron chi connectivity index (χ4n) is 3.88. The van der Waals surface area contributed by atoms with Crippen LogP contribution in [0.1, 0.15) is 29.8 Å². The lowest BCUT2D eigenvalue weighted by Gasteiger charge is -2.21. The van der Waals surface area contributed by atoms with E-state index in [0.717, 1.165) is 24.1 Å². The van der Waals surface area contributed by atoms with E-state index in [4.69, 9.17) is 0 Å². The summed E-state index contributed by atoms with van der Waals surface area (Å²) in [5, 5.41) is 6.69. The third-order valence-electron chi connectivity index (χ3n) is 5.11. The maximum absolute atomic E-state index is 13.1. The van der Waals surface area contributed by atoms with Crippen molar-refractivity contribution < 1.29 is 9.18 Å². The molecular formula is C18H20FN3O. The van der Waals surface area contributed by atoms with Crippen molar-refractivity contribution in [3.8, 4) is 11.3 Å². The zero-order chi connectivity index (χ0) is 16.0. The highest BCUT2D eigenvalue weighted by Gasteiger charge is 2.39. The van der Waals surface area contributed by atoms with E-state index in [1.54, 1.807) is 12.1 Å². The molecule has 0 spiro atoms. The van der Waals surface area contributed by atoms with Crippen LogP contribution in [0.25, 0.3) is 11.3 Å². The Kier molecular flexibility index (Phi) is 3.45. The van der Waals surface area contributed by atoms with E-state index in [2.05, 4.69) is 10.6 Å². The van der Waals surface area contributed by atoms with E-state index >= 15 is 0 Å². The van der Waals surface area contributed by atoms with Crippen LogP contribution in [-0.2, 0) is 7.05 Å². The molecule has 0 aliphatic carbocycles. The maximum Gasteiger partial charge on any atom is 0.268 e. The van der Waals surface area contributed by atoms with Gasteiger partial charge in [0.2, 0.25) is 0 Å². The first-order chi connectivity index (χ1) is 11.1. The normalized spacial score (nSPS) is 25.7. The van der Waals surface area contributed by atoms with Crippen molar-refractivity contribution in [1.82, 2.24) is 15.2 Å². The monoisotopic (exact) mass is 313 g/mol. The first-order valence-corrected chi connectivity index (χ1v) is 8.10. The van der Waals surface area contributed by atoms with Crippen molar-refractivity contribution in [2.45, 2.75) is 37.4 Å². The van der Waals surface area contributed by atoms with Gasteiger partial charge in [-0.15, -0.1) is 0 Å². The number of fused-ring (bicyclic) bond motifs is 2. The van der Waals surface area contributed by atoms with Crippen molar-refractivity contribution in [3.05, 3.63) is 47.9 Å². The molecule has 1 aromatic carbocycles. The molecule has 1 aromatic heterocycles. The highest BCUT2D eigenvalue weighted by atomic mass is 19.1. The van der Waals surface area contributed by atoms with Gasteiger partial charge in [-0.2, -0.15) is 0 Å². The number of rotatable bonds is 3. The molecule has 4 rings (SSSR count). The molecule has 2 fully saturated rings. The molecule has 2 saturated heterocycles. The lowest BCUT2D eigenvalue weighted by Crippen LogP contribution is -2.43. The van der Waals surface area contributed by atoms with Gasteiger partial charge in [0.15, 0.2) is 0 Å². The summed E-state index contributed by atoms with van der Waals surface area (Å²) in [6.07, 6.45) is 3.38. The van der Waals surface area contributed by atoms with Gasteiger partial charge in [-0.1, -0.05) is 0 Å². The second-order valence-electron chi connectivity index (χ2n) is 6.53. The number of hydrogen-bond donors (Lipinski definition) is 2. The lowest BCUT2D eigenvalue weighted by atomic mass is 9.95. The fraction of sp³-hybridized carbons (Fsp3) is 0.389. The molecule has 3 heterocycles. The average Bonchev–Trinajstić information content (AvgIpc) is 3.23. The van der Waals surface area contributed by atoms with E-state index < -0.39 is 0 Å². The SMILES string of the molecule is Cn1c(C(=O)N[C@@H]2C[C@H]3CC[C@@H]2N3)ccc1-c1ccc(F)cc1. The number of carbonyl (C=O) groups excluding carboxylic acids is 1. The summed E-state index contributed by atoms with van der Waals surface area (Å²) >= 11 is 0. The van der Waals surface area contributed by atoms with E-state index in [1.807, 2.05) is 23.7 Å². The molecule has 23 heavy (non-hydrogen) atoms. The molecule has 2 aromatic rings. The van der Waals surface area contributed by atoms with Crippen LogP contribution in [0.15, 0.2) is 36.4 Å². The van der Waals surface area contributed by atoms with Gasteiger partial charge in [0.05, 0.1) is 0 Å². The Morgan fingerprint density at radius 3 is 2.65 bits per heavy atom. The van der Waals surface area contributed by atoms with Crippen LogP contribution >= 0.6 is 0 Å². The van der Waals surface area contributed by atoms with Crippen LogP contribution in [0, 0.1) is 5.82 Å². The smallest absolute Gasteiger partial charge is 0.268 e. The predicted octanol–water partition coefficient (Wildman–Crippen LogP) is 2.45. The highest BCUT2D eigenvalue weighted by molar-refractivity contribution is 5.94. The number of amides is 1. The minimum atomic E-state index is -0.260. The number of nitrogens with zero attached hydrogens (tertiary/aromatic N) is 1. The molecule has 0 radical (unpaired) electrons. The fourth-order valence-corrected chi connectivity index (χ4v) is 3.88. The molecule has 2 N–H and O–H groups in total. The first-order valence-electron chi connectivity index (χ1n) is 8.10. The Labute approximate surface area is 134 Å². The minimum Gasteiger partial charge on any atom is -0.346 e. The number of benzene rings is 1. The molecule has 2 aliphatic rings. The van der Waals surface area contributed by atoms with Gasteiger partial charge in [0.1, 0.15) is 11.5 Å². The Morgan fingerprint density at radius 1 is 1.22 bits per heavy atom. The molecule has 0 unspecified atom stereocenters. The third kappa shape index (κ3) is 2.55. The second-order valence-corrected chi connectivity index (χ2v) is 6.53. The quantitative estimate of drug-likeness (QED) is 0.914. The van der Waals surface area contributed by atoms with Gasteiger partial charge in [-0.25, -0.2) is 4.39 Å². The summed E-state index contributed by atoms with van der Waals surface area (Å²) in [4.78, 5) is 12.6. The molecule has 5 heteroatoms. The van der Waals surface area contributed by atoms with Crippen molar-refractivity contribution in [2.24, 2.45) is 7.05 Å². The molecule has 2 bridgehead atoms. The lowest BCUT2D eigenvalue weighted by molar-refractivity contribution is 0.0923. The Morgan fingerprint density at radius 2 is 2.00 bits per heavy atom. The number of aromatic nitrogens is 1. The van der Waals surface area contributed by atoms with Crippen LogP contribution in [0.5, 0.6) is 0 Å². The molecular weight excluding hydrogens is 293 g/mol. The largest absolute Gasteiger partial charge is 0.346 e. The Bertz CT molecular complexity index is 737. The molecule has 2 aliphatic heterocycles. The van der Waals surface area contributed by atoms with Crippen molar-refractivity contribution in [3.63, 3.8) is 0 Å². The summed E-state index contributed by atoms with van der Waals surface area (Å²) in [6, 6.07) is 11.3. The maximum atomic E-state index is 13.1. The Balaban J connectivity index is 1.53. The molecule has 0 saturated carbocycles. The van der Waals surface area contributed by atoms with Crippen LogP contribution in [-0.4, -0.2) is 28.6 Å². The number of carbonyl (C=O) groups is 1. The van der Waals surface area contributed by atoms with Gasteiger partial charge in [-0.3, -0.25) is 4.79 Å². The standard InChI is InChI=1S/C18H20FN3O/c1-22-16(11-2-4-12(19)5-3-11)8-9-17(22)18(23)21-15-10-13-6-7-14(15)20-13/h2-5,8-9,13-15,20H,6-7,10H2,1H3,(H,21,23)/t13-,14+,15-/m1/s1. The van der Waals surface area contributed by atoms with E-state index in [0.29, 0.717) is 17.8 Å². The Hall–Kier alpha value is -2.14. The summed E-state index contributed by atoms with van der Waals surface area (Å²) in [5.74, 6) is -0.301. The van der Waals surface area contributed by atoms with Crippen LogP contribution in [0.4, 0.5) is 4.39 Å². The topological polar surface area (TPSA) is 46.1 Å². The molecule has 3 atom stereocenters. The van der Waals surface area contributed by atoms with Crippen molar-refractivity contribution >= 4 is 5.91 Å². The van der Waals surface area contributed by atoms with Crippen molar-refractivity contribution in [1.29, 1.82) is 0 Å². The zero-order valence-corrected chi connectivity index (χ0v) is 13.1. The average molecular weight is 313 g/mol. The van der Waals surface area contributed by atoms with Gasteiger partial charge in [0.25, 0.3) is 5.91 Å². The van der Waals surface area contributed by atoms with Gasteiger partial charge >= 0.3 is 0 Å². The van der Waals surface area contributed by atoms with E-state index in [9.17, 15) is 9.18 Å². The van der Waals surface area contributed by atoms with Gasteiger partial charge < -0.3 is 15.2 Å². The summed E-state index contributed by atoms with van der Waals surface area (Å²) < 4.78 is 14.9.